The molecule has 0 bridgehead atoms. The number of primary sulfonamides is 1. The van der Waals surface area contributed by atoms with E-state index in [4.69, 9.17) is 9.88 Å². The average Bonchev–Trinajstić information content (AvgIpc) is 2.61. The predicted octanol–water partition coefficient (Wildman–Crippen LogP) is 3.18. The number of para-hydroxylation sites is 1. The molecule has 0 saturated carbocycles. The van der Waals surface area contributed by atoms with E-state index < -0.39 is 10.0 Å². The molecule has 0 aliphatic heterocycles. The van der Waals surface area contributed by atoms with Gasteiger partial charge in [0.05, 0.1) is 12.0 Å². The van der Waals surface area contributed by atoms with Crippen molar-refractivity contribution in [1.82, 2.24) is 0 Å². The van der Waals surface area contributed by atoms with E-state index in [2.05, 4.69) is 6.07 Å². The molecule has 0 amide bonds. The molecule has 3 aromatic carbocycles. The summed E-state index contributed by atoms with van der Waals surface area (Å²) >= 11 is 0. The standard InChI is InChI=1S/C19H16NO4S/c1-24-18-8-3-2-5-16(18)19-15(6-4-7-17(19)21)13-9-11-14(12-10-13)25(20,22)23/h2-5,7-12,21H,1H3,(H2,20,22,23). The van der Waals surface area contributed by atoms with E-state index in [-0.39, 0.29) is 10.6 Å². The highest BCUT2D eigenvalue weighted by molar-refractivity contribution is 7.89. The van der Waals surface area contributed by atoms with Gasteiger partial charge in [-0.3, -0.25) is 0 Å². The Kier molecular flexibility index (Phi) is 4.48. The number of aromatic hydroxyl groups is 1. The van der Waals surface area contributed by atoms with Gasteiger partial charge in [0.25, 0.3) is 0 Å². The van der Waals surface area contributed by atoms with Gasteiger partial charge in [-0.25, -0.2) is 13.6 Å². The summed E-state index contributed by atoms with van der Waals surface area (Å²) < 4.78 is 28.2. The number of benzene rings is 3. The van der Waals surface area contributed by atoms with Crippen molar-refractivity contribution in [1.29, 1.82) is 0 Å². The fraction of sp³-hybridized carbons (Fsp3) is 0.0526. The first-order valence-electron chi connectivity index (χ1n) is 7.42. The first-order chi connectivity index (χ1) is 11.9. The number of methoxy groups -OCH3 is 1. The van der Waals surface area contributed by atoms with Crippen LogP contribution in [0.1, 0.15) is 0 Å². The zero-order valence-electron chi connectivity index (χ0n) is 13.4. The minimum atomic E-state index is -3.76. The Balaban J connectivity index is 2.20. The minimum Gasteiger partial charge on any atom is -0.507 e. The van der Waals surface area contributed by atoms with Crippen LogP contribution in [0.4, 0.5) is 0 Å². The third kappa shape index (κ3) is 3.35. The molecule has 3 aromatic rings. The zero-order chi connectivity index (χ0) is 18.0. The van der Waals surface area contributed by atoms with Crippen molar-refractivity contribution in [2.75, 3.05) is 7.11 Å². The molecule has 3 N–H and O–H groups in total. The topological polar surface area (TPSA) is 89.6 Å². The summed E-state index contributed by atoms with van der Waals surface area (Å²) in [5.41, 5.74) is 2.60. The van der Waals surface area contributed by atoms with E-state index in [0.29, 0.717) is 28.0 Å². The quantitative estimate of drug-likeness (QED) is 0.753. The van der Waals surface area contributed by atoms with Crippen LogP contribution in [0.15, 0.2) is 65.6 Å². The van der Waals surface area contributed by atoms with E-state index >= 15 is 0 Å². The van der Waals surface area contributed by atoms with Gasteiger partial charge in [-0.2, -0.15) is 0 Å². The van der Waals surface area contributed by atoms with Crippen molar-refractivity contribution in [2.24, 2.45) is 5.14 Å². The van der Waals surface area contributed by atoms with E-state index in [0.717, 1.165) is 0 Å². The van der Waals surface area contributed by atoms with E-state index in [1.165, 1.54) is 12.1 Å². The normalized spacial score (nSPS) is 11.3. The van der Waals surface area contributed by atoms with Crippen LogP contribution in [0.2, 0.25) is 0 Å². The number of hydrogen-bond donors (Lipinski definition) is 2. The highest BCUT2D eigenvalue weighted by Crippen LogP contribution is 2.42. The van der Waals surface area contributed by atoms with Crippen LogP contribution in [-0.4, -0.2) is 20.6 Å². The van der Waals surface area contributed by atoms with Gasteiger partial charge < -0.3 is 9.84 Å². The third-order valence-electron chi connectivity index (χ3n) is 3.82. The second-order valence-corrected chi connectivity index (χ2v) is 6.94. The van der Waals surface area contributed by atoms with E-state index in [9.17, 15) is 13.5 Å². The van der Waals surface area contributed by atoms with Crippen molar-refractivity contribution < 1.29 is 18.3 Å². The maximum Gasteiger partial charge on any atom is 0.238 e. The van der Waals surface area contributed by atoms with Crippen LogP contribution in [0.5, 0.6) is 11.5 Å². The monoisotopic (exact) mass is 354 g/mol. The second-order valence-electron chi connectivity index (χ2n) is 5.38. The molecule has 0 fully saturated rings. The van der Waals surface area contributed by atoms with Crippen LogP contribution in [0.25, 0.3) is 22.3 Å². The number of nitrogens with two attached hydrogens (primary N) is 1. The van der Waals surface area contributed by atoms with Crippen molar-refractivity contribution in [3.8, 4) is 33.8 Å². The molecular formula is C19H16NO4S. The van der Waals surface area contributed by atoms with Gasteiger partial charge >= 0.3 is 0 Å². The molecule has 5 nitrogen and oxygen atoms in total. The van der Waals surface area contributed by atoms with Gasteiger partial charge in [0.2, 0.25) is 10.0 Å². The highest BCUT2D eigenvalue weighted by atomic mass is 32.2. The summed E-state index contributed by atoms with van der Waals surface area (Å²) in [6.07, 6.45) is 0. The largest absolute Gasteiger partial charge is 0.507 e. The molecule has 25 heavy (non-hydrogen) atoms. The summed E-state index contributed by atoms with van der Waals surface area (Å²) in [5.74, 6) is 0.688. The molecule has 0 aromatic heterocycles. The zero-order valence-corrected chi connectivity index (χ0v) is 14.2. The Hall–Kier alpha value is -2.83. The summed E-state index contributed by atoms with van der Waals surface area (Å²) in [6, 6.07) is 19.7. The van der Waals surface area contributed by atoms with Crippen molar-refractivity contribution in [3.63, 3.8) is 0 Å². The lowest BCUT2D eigenvalue weighted by Gasteiger charge is -2.15. The van der Waals surface area contributed by atoms with Crippen LogP contribution in [-0.2, 0) is 10.0 Å². The maximum atomic E-state index is 11.4. The van der Waals surface area contributed by atoms with Crippen molar-refractivity contribution in [3.05, 3.63) is 66.7 Å². The van der Waals surface area contributed by atoms with Crippen LogP contribution >= 0.6 is 0 Å². The fourth-order valence-electron chi connectivity index (χ4n) is 2.65. The second kappa shape index (κ2) is 6.58. The summed E-state index contributed by atoms with van der Waals surface area (Å²) in [7, 11) is -2.20. The number of phenols is 1. The van der Waals surface area contributed by atoms with Gasteiger partial charge in [0.1, 0.15) is 11.5 Å². The van der Waals surface area contributed by atoms with Crippen molar-refractivity contribution in [2.45, 2.75) is 4.90 Å². The van der Waals surface area contributed by atoms with Gasteiger partial charge in [-0.15, -0.1) is 0 Å². The lowest BCUT2D eigenvalue weighted by atomic mass is 9.93. The smallest absolute Gasteiger partial charge is 0.238 e. The molecule has 3 rings (SSSR count). The van der Waals surface area contributed by atoms with E-state index in [1.54, 1.807) is 37.4 Å². The molecule has 0 aliphatic carbocycles. The van der Waals surface area contributed by atoms with Gasteiger partial charge in [0, 0.05) is 16.7 Å². The lowest BCUT2D eigenvalue weighted by molar-refractivity contribution is 0.416. The molecule has 0 atom stereocenters. The first kappa shape index (κ1) is 17.0. The molecule has 0 saturated heterocycles. The van der Waals surface area contributed by atoms with Gasteiger partial charge in [-0.1, -0.05) is 36.4 Å². The molecule has 127 valence electrons. The summed E-state index contributed by atoms with van der Waals surface area (Å²) in [5, 5.41) is 15.6. The molecular weight excluding hydrogens is 338 g/mol. The maximum absolute atomic E-state index is 11.4. The molecule has 1 radical (unpaired) electrons. The van der Waals surface area contributed by atoms with Gasteiger partial charge in [-0.05, 0) is 35.9 Å². The minimum absolute atomic E-state index is 0.0234. The fourth-order valence-corrected chi connectivity index (χ4v) is 3.17. The lowest BCUT2D eigenvalue weighted by Crippen LogP contribution is -2.11. The molecule has 0 spiro atoms. The van der Waals surface area contributed by atoms with Crippen LogP contribution in [0.3, 0.4) is 0 Å². The average molecular weight is 354 g/mol. The van der Waals surface area contributed by atoms with Crippen molar-refractivity contribution >= 4 is 10.0 Å². The third-order valence-corrected chi connectivity index (χ3v) is 4.75. The Morgan fingerprint density at radius 3 is 2.36 bits per heavy atom. The SMILES string of the molecule is COc1ccccc1-c1c(-c2ccc(S(N)(=O)=O)cc2)[c]ccc1O. The number of sulfonamides is 1. The number of hydrogen-bond acceptors (Lipinski definition) is 4. The number of ether oxygens (including phenoxy) is 1. The number of rotatable bonds is 4. The Morgan fingerprint density at radius 1 is 1.04 bits per heavy atom. The Bertz CT molecular complexity index is 1010. The van der Waals surface area contributed by atoms with Crippen LogP contribution < -0.4 is 9.88 Å². The molecule has 0 heterocycles. The molecule has 0 unspecified atom stereocenters. The molecule has 0 aliphatic rings. The summed E-state index contributed by atoms with van der Waals surface area (Å²) in [6.45, 7) is 0. The summed E-state index contributed by atoms with van der Waals surface area (Å²) in [4.78, 5) is 0.0234. The highest BCUT2D eigenvalue weighted by Gasteiger charge is 2.16. The van der Waals surface area contributed by atoms with E-state index in [1.807, 2.05) is 18.2 Å². The van der Waals surface area contributed by atoms with Gasteiger partial charge in [0.15, 0.2) is 0 Å². The molecule has 6 heteroatoms. The van der Waals surface area contributed by atoms with Crippen LogP contribution in [0, 0.1) is 6.07 Å². The number of phenolic OH excluding ortho intramolecular Hbond substituents is 1. The first-order valence-corrected chi connectivity index (χ1v) is 8.96. The Labute approximate surface area is 146 Å². The Morgan fingerprint density at radius 2 is 1.72 bits per heavy atom. The predicted molar refractivity (Wildman–Crippen MR) is 95.7 cm³/mol.